The minimum Gasteiger partial charge on any atom is -0.296 e. The van der Waals surface area contributed by atoms with Gasteiger partial charge in [0.15, 0.2) is 0 Å². The van der Waals surface area contributed by atoms with Crippen molar-refractivity contribution in [1.29, 1.82) is 0 Å². The molecular formula is C10H10BrClN2O. The summed E-state index contributed by atoms with van der Waals surface area (Å²) in [7, 11) is 0. The lowest BCUT2D eigenvalue weighted by atomic mass is 10.2. The molecule has 1 amide bonds. The van der Waals surface area contributed by atoms with Crippen molar-refractivity contribution in [3.63, 3.8) is 0 Å². The second kappa shape index (κ2) is 4.49. The van der Waals surface area contributed by atoms with Crippen molar-refractivity contribution in [2.24, 2.45) is 5.92 Å². The summed E-state index contributed by atoms with van der Waals surface area (Å²) in [4.78, 5) is 17.5. The van der Waals surface area contributed by atoms with Crippen LogP contribution in [0.15, 0.2) is 18.3 Å². The van der Waals surface area contributed by atoms with E-state index in [9.17, 15) is 4.79 Å². The first-order valence-corrected chi connectivity index (χ1v) is 6.18. The Labute approximate surface area is 102 Å². The quantitative estimate of drug-likeness (QED) is 0.784. The van der Waals surface area contributed by atoms with Crippen molar-refractivity contribution < 1.29 is 4.79 Å². The number of halogens is 2. The summed E-state index contributed by atoms with van der Waals surface area (Å²) in [5, 5.41) is 1.45. The molecule has 3 nitrogen and oxygen atoms in total. The third kappa shape index (κ3) is 2.32. The van der Waals surface area contributed by atoms with E-state index in [1.54, 1.807) is 23.2 Å². The summed E-state index contributed by atoms with van der Waals surface area (Å²) in [5.74, 6) is 1.14. The van der Waals surface area contributed by atoms with Crippen LogP contribution in [0.1, 0.15) is 6.42 Å². The molecule has 0 aromatic carbocycles. The highest BCUT2D eigenvalue weighted by Gasteiger charge is 2.30. The smallest absolute Gasteiger partial charge is 0.228 e. The molecule has 0 radical (unpaired) electrons. The Bertz CT molecular complexity index is 385. The fourth-order valence-corrected chi connectivity index (χ4v) is 2.24. The number of carbonyl (C=O) groups excluding carboxylic acids is 1. The number of pyridine rings is 1. The maximum Gasteiger partial charge on any atom is 0.228 e. The molecule has 1 aromatic heterocycles. The third-order valence-corrected chi connectivity index (χ3v) is 3.56. The summed E-state index contributed by atoms with van der Waals surface area (Å²) in [6.45, 7) is 0.720. The number of hydrogen-bond acceptors (Lipinski definition) is 2. The third-order valence-electron chi connectivity index (χ3n) is 2.41. The van der Waals surface area contributed by atoms with E-state index in [4.69, 9.17) is 11.6 Å². The highest BCUT2D eigenvalue weighted by molar-refractivity contribution is 9.09. The summed E-state index contributed by atoms with van der Waals surface area (Å²) in [6.07, 6.45) is 2.20. The highest BCUT2D eigenvalue weighted by Crippen LogP contribution is 2.25. The Balaban J connectivity index is 2.21. The molecule has 0 aliphatic carbocycles. The van der Waals surface area contributed by atoms with Crippen LogP contribution in [0.2, 0.25) is 5.02 Å². The molecule has 0 N–H and O–H groups in total. The Morgan fingerprint density at radius 2 is 2.47 bits per heavy atom. The molecule has 80 valence electrons. The molecule has 0 saturated carbocycles. The van der Waals surface area contributed by atoms with Gasteiger partial charge in [-0.15, -0.1) is 0 Å². The number of rotatable bonds is 2. The van der Waals surface area contributed by atoms with Crippen LogP contribution in [0, 0.1) is 5.92 Å². The van der Waals surface area contributed by atoms with Gasteiger partial charge in [-0.05, 0) is 18.1 Å². The zero-order chi connectivity index (χ0) is 10.8. The van der Waals surface area contributed by atoms with Gasteiger partial charge in [-0.25, -0.2) is 4.98 Å². The average molecular weight is 290 g/mol. The monoisotopic (exact) mass is 288 g/mol. The summed E-state index contributed by atoms with van der Waals surface area (Å²) in [6, 6.07) is 3.42. The summed E-state index contributed by atoms with van der Waals surface area (Å²) in [5.41, 5.74) is 0. The van der Waals surface area contributed by atoms with E-state index >= 15 is 0 Å². The SMILES string of the molecule is O=C1CC(CBr)CN1c1cc(Cl)ccn1. The van der Waals surface area contributed by atoms with E-state index < -0.39 is 0 Å². The van der Waals surface area contributed by atoms with Crippen LogP contribution < -0.4 is 4.90 Å². The molecule has 1 aromatic rings. The highest BCUT2D eigenvalue weighted by atomic mass is 79.9. The number of hydrogen-bond donors (Lipinski definition) is 0. The topological polar surface area (TPSA) is 33.2 Å². The van der Waals surface area contributed by atoms with E-state index in [-0.39, 0.29) is 5.91 Å². The number of nitrogens with zero attached hydrogens (tertiary/aromatic N) is 2. The number of anilines is 1. The minimum absolute atomic E-state index is 0.120. The van der Waals surface area contributed by atoms with Crippen LogP contribution in [0.25, 0.3) is 0 Å². The van der Waals surface area contributed by atoms with Gasteiger partial charge in [0.2, 0.25) is 5.91 Å². The van der Waals surface area contributed by atoms with Gasteiger partial charge in [-0.2, -0.15) is 0 Å². The van der Waals surface area contributed by atoms with Crippen molar-refractivity contribution in [1.82, 2.24) is 4.98 Å². The van der Waals surface area contributed by atoms with Crippen LogP contribution >= 0.6 is 27.5 Å². The van der Waals surface area contributed by atoms with Gasteiger partial charge in [0, 0.05) is 29.5 Å². The van der Waals surface area contributed by atoms with Gasteiger partial charge in [0.1, 0.15) is 5.82 Å². The summed E-state index contributed by atoms with van der Waals surface area (Å²) < 4.78 is 0. The number of amides is 1. The maximum atomic E-state index is 11.7. The molecule has 2 heterocycles. The predicted octanol–water partition coefficient (Wildman–Crippen LogP) is 2.48. The first kappa shape index (κ1) is 10.9. The van der Waals surface area contributed by atoms with Gasteiger partial charge < -0.3 is 0 Å². The van der Waals surface area contributed by atoms with Crippen molar-refractivity contribution in [3.8, 4) is 0 Å². The lowest BCUT2D eigenvalue weighted by Gasteiger charge is -2.14. The molecule has 0 spiro atoms. The van der Waals surface area contributed by atoms with Gasteiger partial charge in [0.25, 0.3) is 0 Å². The fourth-order valence-electron chi connectivity index (χ4n) is 1.65. The molecule has 1 fully saturated rings. The Morgan fingerprint density at radius 1 is 1.67 bits per heavy atom. The van der Waals surface area contributed by atoms with E-state index in [0.29, 0.717) is 23.2 Å². The molecule has 1 unspecified atom stereocenters. The predicted molar refractivity (Wildman–Crippen MR) is 63.5 cm³/mol. The van der Waals surface area contributed by atoms with E-state index in [0.717, 1.165) is 11.9 Å². The molecule has 1 aliphatic rings. The Hall–Kier alpha value is -0.610. The van der Waals surface area contributed by atoms with Crippen LogP contribution in [0.4, 0.5) is 5.82 Å². The van der Waals surface area contributed by atoms with Crippen LogP contribution in [0.3, 0.4) is 0 Å². The second-order valence-electron chi connectivity index (χ2n) is 3.56. The first-order valence-electron chi connectivity index (χ1n) is 4.68. The lowest BCUT2D eigenvalue weighted by molar-refractivity contribution is -0.117. The second-order valence-corrected chi connectivity index (χ2v) is 4.64. The molecule has 0 bridgehead atoms. The molecule has 15 heavy (non-hydrogen) atoms. The summed E-state index contributed by atoms with van der Waals surface area (Å²) >= 11 is 9.25. The number of alkyl halides is 1. The number of carbonyl (C=O) groups is 1. The van der Waals surface area contributed by atoms with E-state index in [1.807, 2.05) is 0 Å². The average Bonchev–Trinajstić information content (AvgIpc) is 2.60. The van der Waals surface area contributed by atoms with Crippen molar-refractivity contribution >= 4 is 39.3 Å². The van der Waals surface area contributed by atoms with Gasteiger partial charge in [-0.1, -0.05) is 27.5 Å². The molecule has 1 aliphatic heterocycles. The van der Waals surface area contributed by atoms with Crippen LogP contribution in [0.5, 0.6) is 0 Å². The zero-order valence-electron chi connectivity index (χ0n) is 7.99. The lowest BCUT2D eigenvalue weighted by Crippen LogP contribution is -2.25. The first-order chi connectivity index (χ1) is 7.20. The molecule has 1 atom stereocenters. The molecule has 2 rings (SSSR count). The Morgan fingerprint density at radius 3 is 3.07 bits per heavy atom. The number of aromatic nitrogens is 1. The molecular weight excluding hydrogens is 279 g/mol. The van der Waals surface area contributed by atoms with Crippen LogP contribution in [-0.2, 0) is 4.79 Å². The fraction of sp³-hybridized carbons (Fsp3) is 0.400. The van der Waals surface area contributed by atoms with Gasteiger partial charge >= 0.3 is 0 Å². The standard InChI is InChI=1S/C10H10BrClN2O/c11-5-7-3-10(15)14(6-7)9-4-8(12)1-2-13-9/h1-2,4,7H,3,5-6H2. The minimum atomic E-state index is 0.120. The van der Waals surface area contributed by atoms with Crippen molar-refractivity contribution in [2.75, 3.05) is 16.8 Å². The van der Waals surface area contributed by atoms with E-state index in [1.165, 1.54) is 0 Å². The molecule has 5 heteroatoms. The molecule has 1 saturated heterocycles. The van der Waals surface area contributed by atoms with Crippen LogP contribution in [-0.4, -0.2) is 22.8 Å². The van der Waals surface area contributed by atoms with Crippen molar-refractivity contribution in [3.05, 3.63) is 23.4 Å². The Kier molecular flexibility index (Phi) is 3.26. The van der Waals surface area contributed by atoms with E-state index in [2.05, 4.69) is 20.9 Å². The van der Waals surface area contributed by atoms with Crippen molar-refractivity contribution in [2.45, 2.75) is 6.42 Å². The van der Waals surface area contributed by atoms with Gasteiger partial charge in [-0.3, -0.25) is 9.69 Å². The normalized spacial score (nSPS) is 21.1. The zero-order valence-corrected chi connectivity index (χ0v) is 10.3. The maximum absolute atomic E-state index is 11.7. The van der Waals surface area contributed by atoms with Gasteiger partial charge in [0.05, 0.1) is 0 Å². The largest absolute Gasteiger partial charge is 0.296 e.